The van der Waals surface area contributed by atoms with Gasteiger partial charge in [0.2, 0.25) is 0 Å². The Morgan fingerprint density at radius 1 is 0.737 bits per heavy atom. The van der Waals surface area contributed by atoms with Crippen LogP contribution < -0.4 is 5.73 Å². The molecule has 0 heterocycles. The molecule has 0 fully saturated rings. The second kappa shape index (κ2) is 11.3. The number of guanidine groups is 1. The monoisotopic (exact) mass is 270 g/mol. The predicted molar refractivity (Wildman–Crippen MR) is 85.4 cm³/mol. The lowest BCUT2D eigenvalue weighted by molar-refractivity contribution is -0.844. The minimum Gasteiger partial charge on any atom is -0.338 e. The molecule has 0 aromatic heterocycles. The lowest BCUT2D eigenvalue weighted by Gasteiger charge is -2.36. The SMILES string of the molecule is CCCCC[N+](CCCCC)(CCCCC)C(=N)N. The van der Waals surface area contributed by atoms with Crippen LogP contribution in [0.1, 0.15) is 78.6 Å². The highest BCUT2D eigenvalue weighted by Crippen LogP contribution is 2.15. The highest BCUT2D eigenvalue weighted by atomic mass is 15.4. The molecule has 0 saturated heterocycles. The molecule has 3 N–H and O–H groups in total. The van der Waals surface area contributed by atoms with E-state index in [1.165, 1.54) is 57.8 Å². The molecule has 0 unspecified atom stereocenters. The van der Waals surface area contributed by atoms with Crippen molar-refractivity contribution >= 4 is 5.96 Å². The van der Waals surface area contributed by atoms with E-state index in [4.69, 9.17) is 11.1 Å². The van der Waals surface area contributed by atoms with Gasteiger partial charge in [0.1, 0.15) is 0 Å². The number of hydrogen-bond acceptors (Lipinski definition) is 1. The van der Waals surface area contributed by atoms with Crippen LogP contribution in [0, 0.1) is 5.41 Å². The van der Waals surface area contributed by atoms with Crippen LogP contribution in [0.15, 0.2) is 0 Å². The Labute approximate surface area is 120 Å². The molecular weight excluding hydrogens is 234 g/mol. The van der Waals surface area contributed by atoms with Crippen molar-refractivity contribution in [3.8, 4) is 0 Å². The maximum absolute atomic E-state index is 8.06. The first-order valence-electron chi connectivity index (χ1n) is 8.33. The van der Waals surface area contributed by atoms with E-state index in [1.807, 2.05) is 0 Å². The van der Waals surface area contributed by atoms with E-state index < -0.39 is 0 Å². The smallest absolute Gasteiger partial charge is 0.292 e. The van der Waals surface area contributed by atoms with Gasteiger partial charge in [0.25, 0.3) is 5.96 Å². The maximum atomic E-state index is 8.06. The third-order valence-corrected chi connectivity index (χ3v) is 4.08. The quantitative estimate of drug-likeness (QED) is 0.237. The lowest BCUT2D eigenvalue weighted by atomic mass is 10.1. The average molecular weight is 270 g/mol. The van der Waals surface area contributed by atoms with E-state index in [-0.39, 0.29) is 0 Å². The molecule has 0 aliphatic heterocycles. The van der Waals surface area contributed by atoms with Gasteiger partial charge in [-0.3, -0.25) is 4.48 Å². The van der Waals surface area contributed by atoms with Crippen molar-refractivity contribution in [2.45, 2.75) is 78.6 Å². The van der Waals surface area contributed by atoms with Gasteiger partial charge in [0, 0.05) is 0 Å². The molecule has 19 heavy (non-hydrogen) atoms. The molecule has 0 aliphatic carbocycles. The fraction of sp³-hybridized carbons (Fsp3) is 0.938. The molecule has 0 aromatic rings. The summed E-state index contributed by atoms with van der Waals surface area (Å²) in [4.78, 5) is 0. The standard InChI is InChI=1S/C16H36N3/c1-4-7-10-13-19(16(17)18,14-11-8-5-2)15-12-9-6-3/h4-15H2,1-3H3,(H3,17,18)/q+1. The van der Waals surface area contributed by atoms with Crippen molar-refractivity contribution < 1.29 is 4.48 Å². The first-order chi connectivity index (χ1) is 9.13. The molecule has 0 radical (unpaired) electrons. The molecule has 3 heteroatoms. The van der Waals surface area contributed by atoms with Crippen LogP contribution in [-0.2, 0) is 0 Å². The third-order valence-electron chi connectivity index (χ3n) is 4.08. The Balaban J connectivity index is 4.53. The Morgan fingerprint density at radius 2 is 1.05 bits per heavy atom. The fourth-order valence-electron chi connectivity index (χ4n) is 2.69. The first kappa shape index (κ1) is 18.4. The van der Waals surface area contributed by atoms with Crippen molar-refractivity contribution in [1.29, 1.82) is 5.41 Å². The van der Waals surface area contributed by atoms with Gasteiger partial charge >= 0.3 is 0 Å². The first-order valence-corrected chi connectivity index (χ1v) is 8.33. The normalized spacial score (nSPS) is 11.7. The zero-order chi connectivity index (χ0) is 14.6. The van der Waals surface area contributed by atoms with Crippen LogP contribution in [-0.4, -0.2) is 30.1 Å². The van der Waals surface area contributed by atoms with E-state index in [0.29, 0.717) is 5.96 Å². The summed E-state index contributed by atoms with van der Waals surface area (Å²) in [5.41, 5.74) is 5.97. The molecule has 0 rings (SSSR count). The summed E-state index contributed by atoms with van der Waals surface area (Å²) >= 11 is 0. The van der Waals surface area contributed by atoms with Crippen LogP contribution >= 0.6 is 0 Å². The van der Waals surface area contributed by atoms with Crippen molar-refractivity contribution in [2.75, 3.05) is 19.6 Å². The van der Waals surface area contributed by atoms with Crippen molar-refractivity contribution in [2.24, 2.45) is 5.73 Å². The minimum atomic E-state index is 0.392. The number of nitrogens with zero attached hydrogens (tertiary/aromatic N) is 1. The maximum Gasteiger partial charge on any atom is 0.292 e. The number of quaternary nitrogens is 1. The van der Waals surface area contributed by atoms with Crippen molar-refractivity contribution in [1.82, 2.24) is 0 Å². The lowest BCUT2D eigenvalue weighted by Crippen LogP contribution is -2.57. The van der Waals surface area contributed by atoms with Gasteiger partial charge in [-0.1, -0.05) is 40.0 Å². The zero-order valence-electron chi connectivity index (χ0n) is 13.5. The van der Waals surface area contributed by atoms with Gasteiger partial charge in [-0.2, -0.15) is 0 Å². The second-order valence-electron chi connectivity index (χ2n) is 5.82. The molecule has 114 valence electrons. The minimum absolute atomic E-state index is 0.392. The Morgan fingerprint density at radius 3 is 1.26 bits per heavy atom. The molecular formula is C16H36N3+. The summed E-state index contributed by atoms with van der Waals surface area (Å²) in [6.07, 6.45) is 11.1. The number of unbranched alkanes of at least 4 members (excludes halogenated alkanes) is 6. The number of rotatable bonds is 12. The van der Waals surface area contributed by atoms with Gasteiger partial charge < -0.3 is 5.73 Å². The summed E-state index contributed by atoms with van der Waals surface area (Å²) < 4.78 is 0.750. The van der Waals surface area contributed by atoms with E-state index >= 15 is 0 Å². The van der Waals surface area contributed by atoms with Crippen LogP contribution in [0.25, 0.3) is 0 Å². The topological polar surface area (TPSA) is 49.9 Å². The Bertz CT molecular complexity index is 200. The van der Waals surface area contributed by atoms with E-state index in [2.05, 4.69) is 20.8 Å². The van der Waals surface area contributed by atoms with Crippen LogP contribution in [0.3, 0.4) is 0 Å². The number of nitrogens with two attached hydrogens (primary N) is 1. The summed E-state index contributed by atoms with van der Waals surface area (Å²) in [7, 11) is 0. The average Bonchev–Trinajstić information content (AvgIpc) is 2.38. The molecule has 0 aromatic carbocycles. The Kier molecular flexibility index (Phi) is 10.9. The van der Waals surface area contributed by atoms with Gasteiger partial charge in [-0.25, -0.2) is 5.41 Å². The summed E-state index contributed by atoms with van der Waals surface area (Å²) in [6.45, 7) is 9.90. The molecule has 0 saturated carbocycles. The number of hydrogen-bond donors (Lipinski definition) is 2. The van der Waals surface area contributed by atoms with Gasteiger partial charge in [-0.05, 0) is 38.5 Å². The van der Waals surface area contributed by atoms with E-state index in [1.54, 1.807) is 0 Å². The van der Waals surface area contributed by atoms with Gasteiger partial charge in [-0.15, -0.1) is 0 Å². The summed E-state index contributed by atoms with van der Waals surface area (Å²) in [5.74, 6) is 0.392. The van der Waals surface area contributed by atoms with E-state index in [0.717, 1.165) is 24.1 Å². The second-order valence-corrected chi connectivity index (χ2v) is 5.82. The highest BCUT2D eigenvalue weighted by Gasteiger charge is 2.30. The molecule has 0 spiro atoms. The molecule has 0 aliphatic rings. The van der Waals surface area contributed by atoms with Gasteiger partial charge in [0.15, 0.2) is 0 Å². The molecule has 3 nitrogen and oxygen atoms in total. The van der Waals surface area contributed by atoms with Crippen molar-refractivity contribution in [3.05, 3.63) is 0 Å². The number of nitrogens with one attached hydrogen (secondary N) is 1. The van der Waals surface area contributed by atoms with E-state index in [9.17, 15) is 0 Å². The van der Waals surface area contributed by atoms with Crippen LogP contribution in [0.5, 0.6) is 0 Å². The van der Waals surface area contributed by atoms with Crippen LogP contribution in [0.4, 0.5) is 0 Å². The molecule has 0 atom stereocenters. The fourth-order valence-corrected chi connectivity index (χ4v) is 2.69. The third kappa shape index (κ3) is 7.56. The molecule has 0 bridgehead atoms. The zero-order valence-corrected chi connectivity index (χ0v) is 13.5. The molecule has 0 amide bonds. The summed E-state index contributed by atoms with van der Waals surface area (Å²) in [6, 6.07) is 0. The van der Waals surface area contributed by atoms with Crippen molar-refractivity contribution in [3.63, 3.8) is 0 Å². The summed E-state index contributed by atoms with van der Waals surface area (Å²) in [5, 5.41) is 8.06. The van der Waals surface area contributed by atoms with Gasteiger partial charge in [0.05, 0.1) is 19.6 Å². The van der Waals surface area contributed by atoms with Crippen LogP contribution in [0.2, 0.25) is 0 Å². The predicted octanol–water partition coefficient (Wildman–Crippen LogP) is 4.27. The highest BCUT2D eigenvalue weighted by molar-refractivity contribution is 5.67. The Hall–Kier alpha value is -0.570. The largest absolute Gasteiger partial charge is 0.338 e.